The standard InChI is InChI=1S/C20H18F2N4O3S/c1-23-20(27)14-4-2-13(3-5-14)11-24-19-7-6-18(12-25-19)30(28,29)26-17-9-15(21)8-16(22)10-17/h2-10,12,26H,11H2,1H3,(H,23,27)(H,24,25). The molecular weight excluding hydrogens is 414 g/mol. The molecule has 2 aromatic carbocycles. The van der Waals surface area contributed by atoms with Crippen molar-refractivity contribution in [1.29, 1.82) is 0 Å². The second-order valence-electron chi connectivity index (χ2n) is 6.27. The third-order valence-corrected chi connectivity index (χ3v) is 5.44. The highest BCUT2D eigenvalue weighted by Gasteiger charge is 2.16. The van der Waals surface area contributed by atoms with Crippen molar-refractivity contribution < 1.29 is 22.0 Å². The largest absolute Gasteiger partial charge is 0.366 e. The predicted molar refractivity (Wildman–Crippen MR) is 109 cm³/mol. The first-order valence-corrected chi connectivity index (χ1v) is 10.2. The maximum absolute atomic E-state index is 13.2. The van der Waals surface area contributed by atoms with Gasteiger partial charge >= 0.3 is 0 Å². The molecule has 1 aromatic heterocycles. The van der Waals surface area contributed by atoms with Crippen molar-refractivity contribution in [2.75, 3.05) is 17.1 Å². The van der Waals surface area contributed by atoms with Crippen molar-refractivity contribution in [3.05, 3.63) is 83.6 Å². The van der Waals surface area contributed by atoms with Crippen LogP contribution in [0.4, 0.5) is 20.3 Å². The molecule has 0 bridgehead atoms. The molecule has 3 rings (SSSR count). The topological polar surface area (TPSA) is 100 Å². The van der Waals surface area contributed by atoms with Crippen LogP contribution in [0.25, 0.3) is 0 Å². The molecule has 0 atom stereocenters. The van der Waals surface area contributed by atoms with Gasteiger partial charge in [0.1, 0.15) is 22.3 Å². The fraction of sp³-hybridized carbons (Fsp3) is 0.100. The van der Waals surface area contributed by atoms with Gasteiger partial charge in [-0.25, -0.2) is 22.2 Å². The molecule has 1 amide bonds. The smallest absolute Gasteiger partial charge is 0.263 e. The van der Waals surface area contributed by atoms with Crippen LogP contribution < -0.4 is 15.4 Å². The summed E-state index contributed by atoms with van der Waals surface area (Å²) < 4.78 is 53.4. The fourth-order valence-corrected chi connectivity index (χ4v) is 3.57. The lowest BCUT2D eigenvalue weighted by Gasteiger charge is -2.10. The number of hydrogen-bond donors (Lipinski definition) is 3. The minimum absolute atomic E-state index is 0.160. The molecule has 0 saturated carbocycles. The van der Waals surface area contributed by atoms with Gasteiger partial charge in [-0.15, -0.1) is 0 Å². The molecule has 0 unspecified atom stereocenters. The first-order valence-electron chi connectivity index (χ1n) is 8.77. The Morgan fingerprint density at radius 2 is 1.67 bits per heavy atom. The van der Waals surface area contributed by atoms with E-state index in [4.69, 9.17) is 0 Å². The van der Waals surface area contributed by atoms with Crippen LogP contribution in [0.3, 0.4) is 0 Å². The highest BCUT2D eigenvalue weighted by atomic mass is 32.2. The number of carbonyl (C=O) groups is 1. The third kappa shape index (κ3) is 5.29. The van der Waals surface area contributed by atoms with Crippen LogP contribution in [0.5, 0.6) is 0 Å². The van der Waals surface area contributed by atoms with Crippen LogP contribution >= 0.6 is 0 Å². The zero-order valence-corrected chi connectivity index (χ0v) is 16.6. The van der Waals surface area contributed by atoms with E-state index < -0.39 is 21.7 Å². The molecule has 1 heterocycles. The Morgan fingerprint density at radius 3 is 2.23 bits per heavy atom. The molecule has 10 heteroatoms. The maximum Gasteiger partial charge on any atom is 0.263 e. The van der Waals surface area contributed by atoms with E-state index in [0.717, 1.165) is 23.9 Å². The van der Waals surface area contributed by atoms with Gasteiger partial charge in [-0.2, -0.15) is 0 Å². The van der Waals surface area contributed by atoms with Gasteiger partial charge in [0.2, 0.25) is 0 Å². The Hall–Kier alpha value is -3.53. The number of anilines is 2. The van der Waals surface area contributed by atoms with Crippen LogP contribution in [0, 0.1) is 11.6 Å². The van der Waals surface area contributed by atoms with Gasteiger partial charge < -0.3 is 10.6 Å². The van der Waals surface area contributed by atoms with Crippen LogP contribution in [0.15, 0.2) is 65.7 Å². The Bertz CT molecular complexity index is 1130. The monoisotopic (exact) mass is 432 g/mol. The predicted octanol–water partition coefficient (Wildman–Crippen LogP) is 3.13. The summed E-state index contributed by atoms with van der Waals surface area (Å²) in [6.45, 7) is 0.411. The summed E-state index contributed by atoms with van der Waals surface area (Å²) in [5.41, 5.74) is 1.21. The van der Waals surface area contributed by atoms with Gasteiger partial charge in [0.05, 0.1) is 5.69 Å². The van der Waals surface area contributed by atoms with Crippen LogP contribution in [-0.2, 0) is 16.6 Å². The average molecular weight is 432 g/mol. The number of nitrogens with one attached hydrogen (secondary N) is 3. The SMILES string of the molecule is CNC(=O)c1ccc(CNc2ccc(S(=O)(=O)Nc3cc(F)cc(F)c3)cn2)cc1. The number of rotatable bonds is 7. The fourth-order valence-electron chi connectivity index (χ4n) is 2.58. The lowest BCUT2D eigenvalue weighted by Crippen LogP contribution is -2.17. The average Bonchev–Trinajstić information content (AvgIpc) is 2.71. The second kappa shape index (κ2) is 8.87. The number of nitrogens with zero attached hydrogens (tertiary/aromatic N) is 1. The number of benzene rings is 2. The van der Waals surface area contributed by atoms with Crippen molar-refractivity contribution in [3.8, 4) is 0 Å². The Balaban J connectivity index is 1.64. The minimum Gasteiger partial charge on any atom is -0.366 e. The molecule has 3 aromatic rings. The van der Waals surface area contributed by atoms with E-state index in [9.17, 15) is 22.0 Å². The first kappa shape index (κ1) is 21.2. The summed E-state index contributed by atoms with van der Waals surface area (Å²) in [5, 5.41) is 5.58. The molecule has 0 spiro atoms. The number of sulfonamides is 1. The summed E-state index contributed by atoms with van der Waals surface area (Å²) in [7, 11) is -2.50. The number of carbonyl (C=O) groups excluding carboxylic acids is 1. The van der Waals surface area contributed by atoms with Gasteiger partial charge in [0.25, 0.3) is 15.9 Å². The molecule has 0 aliphatic carbocycles. The van der Waals surface area contributed by atoms with E-state index in [1.807, 2.05) is 0 Å². The molecule has 0 aliphatic heterocycles. The van der Waals surface area contributed by atoms with E-state index >= 15 is 0 Å². The third-order valence-electron chi connectivity index (χ3n) is 4.08. The van der Waals surface area contributed by atoms with E-state index in [-0.39, 0.29) is 16.5 Å². The number of pyridine rings is 1. The molecule has 0 fully saturated rings. The Morgan fingerprint density at radius 1 is 1.00 bits per heavy atom. The number of amides is 1. The van der Waals surface area contributed by atoms with E-state index in [1.165, 1.54) is 12.1 Å². The number of hydrogen-bond acceptors (Lipinski definition) is 5. The van der Waals surface area contributed by atoms with Crippen molar-refractivity contribution in [1.82, 2.24) is 10.3 Å². The van der Waals surface area contributed by atoms with Gasteiger partial charge in [0.15, 0.2) is 0 Å². The molecule has 7 nitrogen and oxygen atoms in total. The van der Waals surface area contributed by atoms with Crippen LogP contribution in [0.2, 0.25) is 0 Å². The molecule has 30 heavy (non-hydrogen) atoms. The number of halogens is 2. The van der Waals surface area contributed by atoms with Crippen LogP contribution in [0.1, 0.15) is 15.9 Å². The molecule has 0 aliphatic rings. The molecular formula is C20H18F2N4O3S. The summed E-state index contributed by atoms with van der Waals surface area (Å²) in [5.74, 6) is -1.54. The van der Waals surface area contributed by atoms with Gasteiger partial charge in [-0.1, -0.05) is 12.1 Å². The molecule has 0 saturated heterocycles. The normalized spacial score (nSPS) is 11.0. The van der Waals surface area contributed by atoms with E-state index in [0.29, 0.717) is 24.0 Å². The van der Waals surface area contributed by atoms with Gasteiger partial charge in [-0.05, 0) is 42.0 Å². The summed E-state index contributed by atoms with van der Waals surface area (Å²) >= 11 is 0. The summed E-state index contributed by atoms with van der Waals surface area (Å²) in [4.78, 5) is 15.4. The molecule has 0 radical (unpaired) electrons. The zero-order chi connectivity index (χ0) is 21.7. The van der Waals surface area contributed by atoms with Gasteiger partial charge in [-0.3, -0.25) is 9.52 Å². The Kier molecular flexibility index (Phi) is 6.26. The van der Waals surface area contributed by atoms with E-state index in [2.05, 4.69) is 20.3 Å². The van der Waals surface area contributed by atoms with Crippen molar-refractivity contribution in [3.63, 3.8) is 0 Å². The van der Waals surface area contributed by atoms with Crippen molar-refractivity contribution in [2.45, 2.75) is 11.4 Å². The first-order chi connectivity index (χ1) is 14.3. The maximum atomic E-state index is 13.2. The summed E-state index contributed by atoms with van der Waals surface area (Å²) in [6, 6.07) is 12.2. The van der Waals surface area contributed by atoms with Crippen molar-refractivity contribution >= 4 is 27.4 Å². The lowest BCUT2D eigenvalue weighted by atomic mass is 10.1. The molecule has 3 N–H and O–H groups in total. The Labute approximate surface area is 172 Å². The second-order valence-corrected chi connectivity index (χ2v) is 7.95. The summed E-state index contributed by atoms with van der Waals surface area (Å²) in [6.07, 6.45) is 1.13. The number of aromatic nitrogens is 1. The van der Waals surface area contributed by atoms with E-state index in [1.54, 1.807) is 31.3 Å². The van der Waals surface area contributed by atoms with Crippen LogP contribution in [-0.4, -0.2) is 26.4 Å². The minimum atomic E-state index is -4.06. The zero-order valence-electron chi connectivity index (χ0n) is 15.8. The van der Waals surface area contributed by atoms with Gasteiger partial charge in [0, 0.05) is 31.4 Å². The highest BCUT2D eigenvalue weighted by molar-refractivity contribution is 7.92. The van der Waals surface area contributed by atoms with Crippen molar-refractivity contribution in [2.24, 2.45) is 0 Å². The molecule has 156 valence electrons. The quantitative estimate of drug-likeness (QED) is 0.533. The highest BCUT2D eigenvalue weighted by Crippen LogP contribution is 2.19. The lowest BCUT2D eigenvalue weighted by molar-refractivity contribution is 0.0963.